The molecule has 0 saturated carbocycles. The van der Waals surface area contributed by atoms with E-state index in [1.807, 2.05) is 11.0 Å². The van der Waals surface area contributed by atoms with Gasteiger partial charge in [0.2, 0.25) is 0 Å². The number of piperazine rings is 1. The van der Waals surface area contributed by atoms with Crippen molar-refractivity contribution in [1.29, 1.82) is 5.26 Å². The van der Waals surface area contributed by atoms with Crippen molar-refractivity contribution in [1.82, 2.24) is 15.3 Å². The fraction of sp³-hybridized carbons (Fsp3) is 0.414. The van der Waals surface area contributed by atoms with Crippen molar-refractivity contribution < 1.29 is 31.4 Å². The molecule has 2 bridgehead atoms. The number of nitrogen functional groups attached to an aromatic ring is 1. The van der Waals surface area contributed by atoms with Crippen LogP contribution in [0.3, 0.4) is 0 Å². The Morgan fingerprint density at radius 2 is 2.00 bits per heavy atom. The maximum Gasteiger partial charge on any atom is 0.417 e. The van der Waals surface area contributed by atoms with Crippen LogP contribution >= 0.6 is 11.3 Å². The maximum absolute atomic E-state index is 16.7. The van der Waals surface area contributed by atoms with E-state index in [4.69, 9.17) is 15.2 Å². The Hall–Kier alpha value is -3.80. The van der Waals surface area contributed by atoms with E-state index in [-0.39, 0.29) is 73.6 Å². The molecule has 2 atom stereocenters. The number of rotatable bonds is 5. The van der Waals surface area contributed by atoms with Crippen molar-refractivity contribution in [3.05, 3.63) is 41.0 Å². The van der Waals surface area contributed by atoms with Gasteiger partial charge in [-0.3, -0.25) is 0 Å². The van der Waals surface area contributed by atoms with Crippen LogP contribution < -0.4 is 20.7 Å². The number of thiophene rings is 1. The second kappa shape index (κ2) is 10.4. The van der Waals surface area contributed by atoms with Crippen LogP contribution in [0.4, 0.5) is 32.8 Å². The number of aromatic nitrogens is 2. The number of benzene rings is 2. The zero-order chi connectivity index (χ0) is 30.0. The average Bonchev–Trinajstić information content (AvgIpc) is 3.71. The van der Waals surface area contributed by atoms with Gasteiger partial charge in [0.25, 0.3) is 0 Å². The summed E-state index contributed by atoms with van der Waals surface area (Å²) in [6.07, 6.45) is -2.71. The number of hydrogen-bond acceptors (Lipinski definition) is 9. The number of halogens is 5. The molecule has 5 heterocycles. The molecule has 43 heavy (non-hydrogen) atoms. The van der Waals surface area contributed by atoms with Gasteiger partial charge < -0.3 is 25.4 Å². The Labute approximate surface area is 246 Å². The average molecular weight is 617 g/mol. The number of fused-ring (bicyclic) bond motifs is 4. The molecular weight excluding hydrogens is 591 g/mol. The fourth-order valence-electron chi connectivity index (χ4n) is 6.40. The van der Waals surface area contributed by atoms with E-state index in [2.05, 4.69) is 15.3 Å². The minimum atomic E-state index is -5.01. The van der Waals surface area contributed by atoms with Crippen LogP contribution in [0.25, 0.3) is 32.1 Å². The van der Waals surface area contributed by atoms with E-state index in [1.54, 1.807) is 0 Å². The molecule has 3 saturated heterocycles. The lowest BCUT2D eigenvalue weighted by Gasteiger charge is -2.30. The summed E-state index contributed by atoms with van der Waals surface area (Å²) in [5.41, 5.74) is 2.91. The first-order valence-corrected chi connectivity index (χ1v) is 14.7. The normalized spacial score (nSPS) is 20.8. The molecule has 8 nitrogen and oxygen atoms in total. The predicted octanol–water partition coefficient (Wildman–Crippen LogP) is 5.62. The van der Waals surface area contributed by atoms with Gasteiger partial charge in [-0.05, 0) is 42.9 Å². The molecule has 4 aromatic rings. The molecule has 3 aliphatic heterocycles. The first kappa shape index (κ1) is 28.0. The molecule has 0 radical (unpaired) electrons. The third-order valence-corrected chi connectivity index (χ3v) is 9.54. The van der Waals surface area contributed by atoms with Gasteiger partial charge in [0.15, 0.2) is 5.82 Å². The van der Waals surface area contributed by atoms with Gasteiger partial charge >= 0.3 is 12.2 Å². The zero-order valence-electron chi connectivity index (χ0n) is 22.6. The number of alkyl halides is 3. The van der Waals surface area contributed by atoms with Gasteiger partial charge in [0, 0.05) is 54.7 Å². The molecule has 7 rings (SSSR count). The van der Waals surface area contributed by atoms with Crippen molar-refractivity contribution in [2.24, 2.45) is 5.92 Å². The van der Waals surface area contributed by atoms with Crippen LogP contribution in [0.15, 0.2) is 18.2 Å². The van der Waals surface area contributed by atoms with E-state index < -0.39 is 28.9 Å². The SMILES string of the molecule is N#Cc1c(N)sc2c(F)ccc(-c3c(C(F)(F)F)cc4c(N5CC6CC5CN6)nc(OCC5CCOCC5)nc4c3F)c12. The number of hydrogen-bond donors (Lipinski definition) is 2. The molecule has 0 amide bonds. The Morgan fingerprint density at radius 1 is 1.21 bits per heavy atom. The Balaban J connectivity index is 1.47. The van der Waals surface area contributed by atoms with Gasteiger partial charge in [-0.1, -0.05) is 6.07 Å². The third-order valence-electron chi connectivity index (χ3n) is 8.51. The Bertz CT molecular complexity index is 1800. The van der Waals surface area contributed by atoms with Crippen LogP contribution in [0.2, 0.25) is 0 Å². The molecule has 14 heteroatoms. The van der Waals surface area contributed by atoms with Gasteiger partial charge in [-0.2, -0.15) is 28.4 Å². The van der Waals surface area contributed by atoms with Crippen molar-refractivity contribution in [3.8, 4) is 23.2 Å². The molecule has 2 aromatic carbocycles. The first-order valence-electron chi connectivity index (χ1n) is 13.9. The molecular formula is C29H25F5N6O2S. The van der Waals surface area contributed by atoms with Crippen LogP contribution in [0.1, 0.15) is 30.4 Å². The smallest absolute Gasteiger partial charge is 0.417 e. The zero-order valence-corrected chi connectivity index (χ0v) is 23.4. The highest BCUT2D eigenvalue weighted by molar-refractivity contribution is 7.23. The molecule has 3 fully saturated rings. The lowest BCUT2D eigenvalue weighted by Crippen LogP contribution is -2.44. The maximum atomic E-state index is 16.7. The van der Waals surface area contributed by atoms with Crippen LogP contribution in [0, 0.1) is 28.9 Å². The number of nitriles is 1. The molecule has 0 aliphatic carbocycles. The van der Waals surface area contributed by atoms with Crippen molar-refractivity contribution in [3.63, 3.8) is 0 Å². The minimum absolute atomic E-state index is 0.0350. The van der Waals surface area contributed by atoms with Crippen LogP contribution in [-0.2, 0) is 10.9 Å². The monoisotopic (exact) mass is 616 g/mol. The number of nitrogens with one attached hydrogen (secondary N) is 1. The molecule has 0 spiro atoms. The van der Waals surface area contributed by atoms with Crippen molar-refractivity contribution in [2.75, 3.05) is 43.5 Å². The van der Waals surface area contributed by atoms with E-state index in [0.717, 1.165) is 48.8 Å². The highest BCUT2D eigenvalue weighted by Gasteiger charge is 2.42. The fourth-order valence-corrected chi connectivity index (χ4v) is 7.35. The second-order valence-electron chi connectivity index (χ2n) is 11.1. The van der Waals surface area contributed by atoms with E-state index in [1.165, 1.54) is 0 Å². The quantitative estimate of drug-likeness (QED) is 0.278. The lowest BCUT2D eigenvalue weighted by atomic mass is 9.92. The number of ether oxygens (including phenoxy) is 2. The van der Waals surface area contributed by atoms with Crippen LogP contribution in [0.5, 0.6) is 6.01 Å². The summed E-state index contributed by atoms with van der Waals surface area (Å²) in [6, 6.07) is 4.63. The molecule has 3 N–H and O–H groups in total. The summed E-state index contributed by atoms with van der Waals surface area (Å²) in [7, 11) is 0. The lowest BCUT2D eigenvalue weighted by molar-refractivity contribution is -0.137. The number of nitrogens with two attached hydrogens (primary N) is 1. The summed E-state index contributed by atoms with van der Waals surface area (Å²) >= 11 is 0.720. The first-order chi connectivity index (χ1) is 20.6. The summed E-state index contributed by atoms with van der Waals surface area (Å²) in [4.78, 5) is 10.7. The topological polar surface area (TPSA) is 109 Å². The Kier molecular flexibility index (Phi) is 6.79. The molecule has 224 valence electrons. The molecule has 2 unspecified atom stereocenters. The van der Waals surface area contributed by atoms with E-state index in [0.29, 0.717) is 26.3 Å². The van der Waals surface area contributed by atoms with Crippen molar-refractivity contribution >= 4 is 43.1 Å². The van der Waals surface area contributed by atoms with Gasteiger partial charge in [0.05, 0.1) is 22.4 Å². The molecule has 3 aliphatic rings. The van der Waals surface area contributed by atoms with E-state index in [9.17, 15) is 22.8 Å². The predicted molar refractivity (Wildman–Crippen MR) is 151 cm³/mol. The second-order valence-corrected chi connectivity index (χ2v) is 12.2. The highest BCUT2D eigenvalue weighted by atomic mass is 32.1. The number of anilines is 2. The highest BCUT2D eigenvalue weighted by Crippen LogP contribution is 2.48. The summed E-state index contributed by atoms with van der Waals surface area (Å²) in [5, 5.41) is 12.7. The minimum Gasteiger partial charge on any atom is -0.463 e. The summed E-state index contributed by atoms with van der Waals surface area (Å²) in [6.45, 7) is 2.52. The Morgan fingerprint density at radius 3 is 2.67 bits per heavy atom. The number of nitrogens with zero attached hydrogens (tertiary/aromatic N) is 4. The molecule has 2 aromatic heterocycles. The summed E-state index contributed by atoms with van der Waals surface area (Å²) < 4.78 is 87.0. The van der Waals surface area contributed by atoms with Gasteiger partial charge in [-0.25, -0.2) is 8.78 Å². The van der Waals surface area contributed by atoms with Crippen LogP contribution in [-0.4, -0.2) is 55.0 Å². The van der Waals surface area contributed by atoms with Crippen molar-refractivity contribution in [2.45, 2.75) is 37.5 Å². The summed E-state index contributed by atoms with van der Waals surface area (Å²) in [5.74, 6) is -1.72. The standard InChI is InChI=1S/C29H25F5N6O2S/c30-20-2-1-16(21-18(9-35)26(36)43-25(20)21)22-19(29(32,33)34)8-17-24(23(22)31)38-28(42-12-13-3-5-41-6-4-13)39-27(17)40-11-14-7-15(40)10-37-14/h1-2,8,13-15,37H,3-7,10-12,36H2. The van der Waals surface area contributed by atoms with Gasteiger partial charge in [0.1, 0.15) is 28.2 Å². The largest absolute Gasteiger partial charge is 0.463 e. The van der Waals surface area contributed by atoms with Gasteiger partial charge in [-0.15, -0.1) is 11.3 Å². The third kappa shape index (κ3) is 4.70. The van der Waals surface area contributed by atoms with E-state index >= 15 is 4.39 Å².